The summed E-state index contributed by atoms with van der Waals surface area (Å²) in [5, 5.41) is 9.96. The van der Waals surface area contributed by atoms with Gasteiger partial charge in [0, 0.05) is 13.8 Å². The smallest absolute Gasteiger partial charge is 0.414 e. The molecule has 0 aliphatic carbocycles. The number of benzene rings is 1. The van der Waals surface area contributed by atoms with E-state index in [0.29, 0.717) is 5.69 Å². The predicted molar refractivity (Wildman–Crippen MR) is 87.6 cm³/mol. The van der Waals surface area contributed by atoms with Crippen molar-refractivity contribution in [2.45, 2.75) is 20.0 Å². The first-order chi connectivity index (χ1) is 12.3. The molecule has 0 radical (unpaired) electrons. The molecule has 9 nitrogen and oxygen atoms in total. The van der Waals surface area contributed by atoms with Crippen molar-refractivity contribution < 1.29 is 23.5 Å². The number of halogens is 1. The highest BCUT2D eigenvalue weighted by atomic mass is 19.1. The molecule has 1 aromatic heterocycles. The van der Waals surface area contributed by atoms with E-state index in [1.807, 2.05) is 0 Å². The number of ketones is 1. The zero-order chi connectivity index (χ0) is 18.8. The number of rotatable bonds is 5. The van der Waals surface area contributed by atoms with Gasteiger partial charge in [0.15, 0.2) is 11.6 Å². The summed E-state index contributed by atoms with van der Waals surface area (Å²) >= 11 is 0. The van der Waals surface area contributed by atoms with E-state index in [1.165, 1.54) is 43.1 Å². The molecule has 2 amide bonds. The van der Waals surface area contributed by atoms with E-state index in [0.717, 1.165) is 4.68 Å². The summed E-state index contributed by atoms with van der Waals surface area (Å²) in [5.41, 5.74) is 0.530. The molecule has 136 valence electrons. The molecule has 26 heavy (non-hydrogen) atoms. The fourth-order valence-electron chi connectivity index (χ4n) is 2.49. The van der Waals surface area contributed by atoms with Gasteiger partial charge < -0.3 is 10.1 Å². The van der Waals surface area contributed by atoms with Crippen LogP contribution in [0.4, 0.5) is 14.9 Å². The molecule has 2 heterocycles. The largest absolute Gasteiger partial charge is 0.442 e. The molecule has 0 spiro atoms. The van der Waals surface area contributed by atoms with E-state index in [2.05, 4.69) is 15.6 Å². The Bertz CT molecular complexity index is 881. The van der Waals surface area contributed by atoms with Crippen LogP contribution in [0.15, 0.2) is 24.4 Å². The van der Waals surface area contributed by atoms with Crippen LogP contribution in [0, 0.1) is 5.82 Å². The minimum atomic E-state index is -0.638. The fraction of sp³-hybridized carbons (Fsp3) is 0.312. The van der Waals surface area contributed by atoms with Crippen LogP contribution in [-0.2, 0) is 9.53 Å². The first-order valence-electron chi connectivity index (χ1n) is 7.81. The second-order valence-electron chi connectivity index (χ2n) is 5.79. The summed E-state index contributed by atoms with van der Waals surface area (Å²) in [6.07, 6.45) is 0.197. The van der Waals surface area contributed by atoms with E-state index in [-0.39, 0.29) is 36.2 Å². The van der Waals surface area contributed by atoms with E-state index in [9.17, 15) is 18.8 Å². The number of amides is 2. The average Bonchev–Trinajstić information content (AvgIpc) is 3.20. The van der Waals surface area contributed by atoms with Gasteiger partial charge >= 0.3 is 6.09 Å². The molecule has 1 fully saturated rings. The molecule has 1 saturated heterocycles. The number of nitrogens with one attached hydrogen (secondary N) is 1. The molecule has 1 aromatic carbocycles. The molecular weight excluding hydrogens is 345 g/mol. The second-order valence-corrected chi connectivity index (χ2v) is 5.79. The Kier molecular flexibility index (Phi) is 4.65. The van der Waals surface area contributed by atoms with Crippen LogP contribution in [0.1, 0.15) is 24.3 Å². The Morgan fingerprint density at radius 1 is 1.38 bits per heavy atom. The third kappa shape index (κ3) is 3.53. The lowest BCUT2D eigenvalue weighted by molar-refractivity contribution is -0.119. The maximum Gasteiger partial charge on any atom is 0.414 e. The number of aromatic nitrogens is 3. The Morgan fingerprint density at radius 2 is 2.15 bits per heavy atom. The first-order valence-corrected chi connectivity index (χ1v) is 7.81. The van der Waals surface area contributed by atoms with Crippen molar-refractivity contribution in [2.75, 3.05) is 18.0 Å². The standard InChI is InChI=1S/C16H16FN5O4/c1-9(23)14-8-22(20-19-14)15-4-3-11(5-13(15)17)21-7-12(26-16(21)25)6-18-10(2)24/h3-5,8,12H,6-7H2,1-2H3,(H,18,24)/t12-/m0/s1. The van der Waals surface area contributed by atoms with Crippen molar-refractivity contribution in [3.63, 3.8) is 0 Å². The van der Waals surface area contributed by atoms with Crippen LogP contribution in [0.3, 0.4) is 0 Å². The normalized spacial score (nSPS) is 16.5. The number of carbonyl (C=O) groups is 3. The quantitative estimate of drug-likeness (QED) is 0.799. The monoisotopic (exact) mass is 361 g/mol. The average molecular weight is 361 g/mol. The topological polar surface area (TPSA) is 106 Å². The van der Waals surface area contributed by atoms with Gasteiger partial charge in [-0.25, -0.2) is 13.9 Å². The van der Waals surface area contributed by atoms with Gasteiger partial charge in [0.2, 0.25) is 5.91 Å². The lowest BCUT2D eigenvalue weighted by Gasteiger charge is -2.14. The van der Waals surface area contributed by atoms with Crippen molar-refractivity contribution in [3.8, 4) is 5.69 Å². The highest BCUT2D eigenvalue weighted by Crippen LogP contribution is 2.25. The Labute approximate surface area is 147 Å². The first kappa shape index (κ1) is 17.5. The van der Waals surface area contributed by atoms with Gasteiger partial charge in [-0.1, -0.05) is 5.21 Å². The molecule has 1 aliphatic heterocycles. The van der Waals surface area contributed by atoms with Crippen molar-refractivity contribution in [3.05, 3.63) is 35.9 Å². The third-order valence-corrected chi connectivity index (χ3v) is 3.80. The summed E-state index contributed by atoms with van der Waals surface area (Å²) in [6, 6.07) is 4.14. The zero-order valence-corrected chi connectivity index (χ0v) is 14.1. The van der Waals surface area contributed by atoms with Gasteiger partial charge in [-0.05, 0) is 18.2 Å². The van der Waals surface area contributed by atoms with E-state index < -0.39 is 18.0 Å². The maximum atomic E-state index is 14.5. The van der Waals surface area contributed by atoms with Gasteiger partial charge in [-0.2, -0.15) is 0 Å². The molecule has 0 saturated carbocycles. The molecule has 10 heteroatoms. The van der Waals surface area contributed by atoms with Gasteiger partial charge in [-0.15, -0.1) is 5.10 Å². The third-order valence-electron chi connectivity index (χ3n) is 3.80. The highest BCUT2D eigenvalue weighted by molar-refractivity contribution is 5.92. The van der Waals surface area contributed by atoms with Crippen molar-refractivity contribution in [2.24, 2.45) is 0 Å². The molecule has 2 aromatic rings. The molecular formula is C16H16FN5O4. The highest BCUT2D eigenvalue weighted by Gasteiger charge is 2.32. The zero-order valence-electron chi connectivity index (χ0n) is 14.1. The van der Waals surface area contributed by atoms with Gasteiger partial charge in [0.25, 0.3) is 0 Å². The number of anilines is 1. The number of hydrogen-bond acceptors (Lipinski definition) is 6. The second kappa shape index (κ2) is 6.90. The Morgan fingerprint density at radius 3 is 2.77 bits per heavy atom. The molecule has 0 unspecified atom stereocenters. The number of nitrogens with zero attached hydrogens (tertiary/aromatic N) is 4. The van der Waals surface area contributed by atoms with Gasteiger partial charge in [0.05, 0.1) is 25.0 Å². The molecule has 0 bridgehead atoms. The molecule has 3 rings (SSSR count). The Hall–Kier alpha value is -3.30. The minimum absolute atomic E-state index is 0.0936. The van der Waals surface area contributed by atoms with Crippen LogP contribution < -0.4 is 10.2 Å². The minimum Gasteiger partial charge on any atom is -0.442 e. The van der Waals surface area contributed by atoms with Gasteiger partial charge in [-0.3, -0.25) is 14.5 Å². The lowest BCUT2D eigenvalue weighted by atomic mass is 10.2. The number of carbonyl (C=O) groups excluding carboxylic acids is 3. The Balaban J connectivity index is 1.77. The molecule has 1 atom stereocenters. The maximum absolute atomic E-state index is 14.5. The summed E-state index contributed by atoms with van der Waals surface area (Å²) in [6.45, 7) is 3.08. The predicted octanol–water partition coefficient (Wildman–Crippen LogP) is 1.07. The summed E-state index contributed by atoms with van der Waals surface area (Å²) in [4.78, 5) is 35.5. The fourth-order valence-corrected chi connectivity index (χ4v) is 2.49. The SMILES string of the molecule is CC(=O)NC[C@H]1CN(c2ccc(-n3cc(C(C)=O)nn3)c(F)c2)C(=O)O1. The summed E-state index contributed by atoms with van der Waals surface area (Å²) < 4.78 is 20.8. The van der Waals surface area contributed by atoms with Crippen molar-refractivity contribution in [1.29, 1.82) is 0 Å². The number of Topliss-reactive ketones (excluding diaryl/α,β-unsaturated/α-hetero) is 1. The van der Waals surface area contributed by atoms with Crippen LogP contribution in [0.2, 0.25) is 0 Å². The van der Waals surface area contributed by atoms with Crippen LogP contribution in [0.25, 0.3) is 5.69 Å². The van der Waals surface area contributed by atoms with E-state index in [1.54, 1.807) is 0 Å². The molecule has 1 aliphatic rings. The number of ether oxygens (including phenoxy) is 1. The van der Waals surface area contributed by atoms with Crippen molar-refractivity contribution >= 4 is 23.5 Å². The van der Waals surface area contributed by atoms with Crippen LogP contribution >= 0.6 is 0 Å². The van der Waals surface area contributed by atoms with Crippen molar-refractivity contribution in [1.82, 2.24) is 20.3 Å². The van der Waals surface area contributed by atoms with Crippen LogP contribution in [0.5, 0.6) is 0 Å². The summed E-state index contributed by atoms with van der Waals surface area (Å²) in [5.74, 6) is -1.15. The lowest BCUT2D eigenvalue weighted by Crippen LogP contribution is -2.33. The summed E-state index contributed by atoms with van der Waals surface area (Å²) in [7, 11) is 0. The number of hydrogen-bond donors (Lipinski definition) is 1. The van der Waals surface area contributed by atoms with Crippen LogP contribution in [-0.4, -0.2) is 52.0 Å². The van der Waals surface area contributed by atoms with E-state index in [4.69, 9.17) is 4.74 Å². The number of cyclic esters (lactones) is 1. The molecule has 1 N–H and O–H groups in total. The van der Waals surface area contributed by atoms with Gasteiger partial charge in [0.1, 0.15) is 17.5 Å². The van der Waals surface area contributed by atoms with E-state index >= 15 is 0 Å².